The van der Waals surface area contributed by atoms with E-state index < -0.39 is 0 Å². The van der Waals surface area contributed by atoms with Gasteiger partial charge in [0.15, 0.2) is 5.65 Å². The van der Waals surface area contributed by atoms with Crippen LogP contribution in [0.1, 0.15) is 25.5 Å². The molecule has 5 heteroatoms. The van der Waals surface area contributed by atoms with Gasteiger partial charge in [-0.05, 0) is 38.8 Å². The highest BCUT2D eigenvalue weighted by atomic mass is 16.5. The molecule has 4 rings (SSSR count). The summed E-state index contributed by atoms with van der Waals surface area (Å²) in [7, 11) is 0. The fourth-order valence-corrected chi connectivity index (χ4v) is 3.19. The van der Waals surface area contributed by atoms with Gasteiger partial charge in [0.25, 0.3) is 0 Å². The van der Waals surface area contributed by atoms with Crippen molar-refractivity contribution in [1.82, 2.24) is 14.6 Å². The van der Waals surface area contributed by atoms with Crippen LogP contribution in [-0.2, 0) is 4.74 Å². The van der Waals surface area contributed by atoms with Crippen molar-refractivity contribution in [1.29, 1.82) is 0 Å². The molecule has 1 N–H and O–H groups in total. The van der Waals surface area contributed by atoms with Gasteiger partial charge >= 0.3 is 0 Å². The second-order valence-corrected chi connectivity index (χ2v) is 6.02. The maximum atomic E-state index is 5.78. The lowest BCUT2D eigenvalue weighted by molar-refractivity contribution is 0.0996. The summed E-state index contributed by atoms with van der Waals surface area (Å²) >= 11 is 0. The fourth-order valence-electron chi connectivity index (χ4n) is 3.19. The minimum Gasteiger partial charge on any atom is -0.376 e. The van der Waals surface area contributed by atoms with Crippen molar-refractivity contribution in [3.05, 3.63) is 36.0 Å². The largest absolute Gasteiger partial charge is 0.376 e. The Kier molecular flexibility index (Phi) is 3.22. The summed E-state index contributed by atoms with van der Waals surface area (Å²) in [6.45, 7) is 5.02. The van der Waals surface area contributed by atoms with Crippen LogP contribution in [0.4, 0.5) is 5.82 Å². The number of nitrogens with one attached hydrogen (secondary N) is 1. The first-order valence-electron chi connectivity index (χ1n) is 7.85. The fraction of sp³-hybridized carbons (Fsp3) is 0.412. The molecule has 114 valence electrons. The molecular formula is C17H20N4O. The lowest BCUT2D eigenvalue weighted by Crippen LogP contribution is -2.30. The molecule has 0 amide bonds. The first-order valence-corrected chi connectivity index (χ1v) is 7.85. The van der Waals surface area contributed by atoms with Crippen molar-refractivity contribution in [3.8, 4) is 0 Å². The van der Waals surface area contributed by atoms with Gasteiger partial charge in [-0.3, -0.25) is 0 Å². The zero-order chi connectivity index (χ0) is 15.1. The Morgan fingerprint density at radius 1 is 1.36 bits per heavy atom. The summed E-state index contributed by atoms with van der Waals surface area (Å²) in [5.74, 6) is 0.908. The summed E-state index contributed by atoms with van der Waals surface area (Å²) in [5.41, 5.74) is 2.92. The van der Waals surface area contributed by atoms with E-state index in [1.807, 2.05) is 29.6 Å². The monoisotopic (exact) mass is 296 g/mol. The van der Waals surface area contributed by atoms with Crippen molar-refractivity contribution in [2.24, 2.45) is 0 Å². The molecule has 0 unspecified atom stereocenters. The van der Waals surface area contributed by atoms with Crippen molar-refractivity contribution >= 4 is 22.4 Å². The molecule has 0 spiro atoms. The normalized spacial score (nSPS) is 19.8. The van der Waals surface area contributed by atoms with Crippen molar-refractivity contribution in [2.45, 2.75) is 38.8 Å². The highest BCUT2D eigenvalue weighted by Gasteiger charge is 2.23. The number of hydrogen-bond acceptors (Lipinski definition) is 4. The van der Waals surface area contributed by atoms with Crippen LogP contribution in [-0.4, -0.2) is 33.4 Å². The third-order valence-electron chi connectivity index (χ3n) is 4.31. The predicted molar refractivity (Wildman–Crippen MR) is 87.3 cm³/mol. The Bertz CT molecular complexity index is 820. The molecule has 2 aromatic heterocycles. The number of para-hydroxylation sites is 1. The quantitative estimate of drug-likeness (QED) is 0.806. The minimum absolute atomic E-state index is 0.241. The number of nitrogens with zero attached hydrogens (tertiary/aromatic N) is 3. The number of aryl methyl sites for hydroxylation is 1. The van der Waals surface area contributed by atoms with Crippen LogP contribution in [0.25, 0.3) is 16.6 Å². The third kappa shape index (κ3) is 2.22. The number of benzene rings is 1. The van der Waals surface area contributed by atoms with E-state index in [9.17, 15) is 0 Å². The smallest absolute Gasteiger partial charge is 0.158 e. The molecular weight excluding hydrogens is 276 g/mol. The number of ether oxygens (including phenoxy) is 1. The van der Waals surface area contributed by atoms with Crippen molar-refractivity contribution in [3.63, 3.8) is 0 Å². The van der Waals surface area contributed by atoms with Crippen LogP contribution in [0.15, 0.2) is 30.3 Å². The van der Waals surface area contributed by atoms with E-state index >= 15 is 0 Å². The molecule has 0 aliphatic carbocycles. The molecule has 0 bridgehead atoms. The molecule has 22 heavy (non-hydrogen) atoms. The van der Waals surface area contributed by atoms with Gasteiger partial charge in [0.1, 0.15) is 5.82 Å². The summed E-state index contributed by atoms with van der Waals surface area (Å²) in [5, 5.41) is 9.18. The van der Waals surface area contributed by atoms with Gasteiger partial charge in [-0.15, -0.1) is 0 Å². The second-order valence-electron chi connectivity index (χ2n) is 6.02. The SMILES string of the molecule is Cc1cc2nc(N[C@H](C)[C@@H]3CCCO3)c3ccccc3n2n1. The highest BCUT2D eigenvalue weighted by molar-refractivity contribution is 5.91. The van der Waals surface area contributed by atoms with Crippen LogP contribution in [0.3, 0.4) is 0 Å². The standard InChI is InChI=1S/C17H20N4O/c1-11-10-16-19-17(18-12(2)15-8-5-9-22-15)13-6-3-4-7-14(13)21(16)20-11/h3-4,6-7,10,12,15H,5,8-9H2,1-2H3,(H,18,19)/t12-,15+/m1/s1. The average Bonchev–Trinajstić information content (AvgIpc) is 3.16. The maximum Gasteiger partial charge on any atom is 0.158 e. The van der Waals surface area contributed by atoms with Gasteiger partial charge < -0.3 is 10.1 Å². The molecule has 0 saturated carbocycles. The van der Waals surface area contributed by atoms with E-state index in [1.165, 1.54) is 0 Å². The topological polar surface area (TPSA) is 51.5 Å². The Morgan fingerprint density at radius 3 is 3.05 bits per heavy atom. The summed E-state index contributed by atoms with van der Waals surface area (Å²) < 4.78 is 7.69. The molecule has 1 aliphatic heterocycles. The van der Waals surface area contributed by atoms with Crippen LogP contribution in [0.5, 0.6) is 0 Å². The van der Waals surface area contributed by atoms with Gasteiger partial charge in [0.2, 0.25) is 0 Å². The van der Waals surface area contributed by atoms with Gasteiger partial charge in [-0.25, -0.2) is 9.50 Å². The minimum atomic E-state index is 0.241. The van der Waals surface area contributed by atoms with Gasteiger partial charge in [0, 0.05) is 18.1 Å². The van der Waals surface area contributed by atoms with Crippen LogP contribution < -0.4 is 5.32 Å². The maximum absolute atomic E-state index is 5.78. The molecule has 3 aromatic rings. The van der Waals surface area contributed by atoms with Crippen LogP contribution in [0.2, 0.25) is 0 Å². The molecule has 1 aliphatic rings. The Labute approximate surface area is 129 Å². The van der Waals surface area contributed by atoms with Crippen LogP contribution in [0, 0.1) is 6.92 Å². The van der Waals surface area contributed by atoms with E-state index in [0.717, 1.165) is 47.5 Å². The van der Waals surface area contributed by atoms with E-state index in [0.29, 0.717) is 0 Å². The summed E-state index contributed by atoms with van der Waals surface area (Å²) in [6, 6.07) is 10.5. The average molecular weight is 296 g/mol. The second kappa shape index (κ2) is 5.25. The third-order valence-corrected chi connectivity index (χ3v) is 4.31. The number of anilines is 1. The van der Waals surface area contributed by atoms with Gasteiger partial charge in [0.05, 0.1) is 23.4 Å². The van der Waals surface area contributed by atoms with E-state index in [4.69, 9.17) is 9.72 Å². The molecule has 1 fully saturated rings. The lowest BCUT2D eigenvalue weighted by atomic mass is 10.1. The lowest BCUT2D eigenvalue weighted by Gasteiger charge is -2.21. The number of hydrogen-bond donors (Lipinski definition) is 1. The van der Waals surface area contributed by atoms with Crippen molar-refractivity contribution in [2.75, 3.05) is 11.9 Å². The van der Waals surface area contributed by atoms with Crippen LogP contribution >= 0.6 is 0 Å². The Hall–Kier alpha value is -2.14. The van der Waals surface area contributed by atoms with E-state index in [-0.39, 0.29) is 12.1 Å². The molecule has 5 nitrogen and oxygen atoms in total. The zero-order valence-electron chi connectivity index (χ0n) is 12.9. The first-order chi connectivity index (χ1) is 10.7. The Morgan fingerprint density at radius 2 is 2.23 bits per heavy atom. The molecule has 1 aromatic carbocycles. The summed E-state index contributed by atoms with van der Waals surface area (Å²) in [4.78, 5) is 4.77. The van der Waals surface area contributed by atoms with Gasteiger partial charge in [-0.1, -0.05) is 12.1 Å². The zero-order valence-corrected chi connectivity index (χ0v) is 12.9. The molecule has 2 atom stereocenters. The highest BCUT2D eigenvalue weighted by Crippen LogP contribution is 2.25. The Balaban J connectivity index is 1.80. The molecule has 0 radical (unpaired) electrons. The molecule has 3 heterocycles. The summed E-state index contributed by atoms with van der Waals surface area (Å²) in [6.07, 6.45) is 2.52. The number of rotatable bonds is 3. The van der Waals surface area contributed by atoms with E-state index in [2.05, 4.69) is 29.5 Å². The predicted octanol–water partition coefficient (Wildman–Crippen LogP) is 3.17. The number of aromatic nitrogens is 3. The number of fused-ring (bicyclic) bond motifs is 3. The van der Waals surface area contributed by atoms with Crippen molar-refractivity contribution < 1.29 is 4.74 Å². The first kappa shape index (κ1) is 13.5. The molecule has 1 saturated heterocycles. The van der Waals surface area contributed by atoms with Gasteiger partial charge in [-0.2, -0.15) is 5.10 Å². The van der Waals surface area contributed by atoms with E-state index in [1.54, 1.807) is 0 Å².